The van der Waals surface area contributed by atoms with E-state index >= 15 is 0 Å². The molecular weight excluding hydrogens is 405 g/mol. The largest absolute Gasteiger partial charge is 0.363 e. The van der Waals surface area contributed by atoms with Crippen LogP contribution in [-0.4, -0.2) is 22.9 Å². The molecule has 4 rings (SSSR count). The molecule has 6 nitrogen and oxygen atoms in total. The molecular formula is C25H24FN5O. The minimum absolute atomic E-state index is 0.0276. The van der Waals surface area contributed by atoms with E-state index in [-0.39, 0.29) is 17.8 Å². The molecule has 0 unspecified atom stereocenters. The standard InChI is InChI=1S/C25H24FN5O/c1-15-5-4-6-21-22(15)30-25(27-3)31-23(21)28-16(2)17-9-13-20(14-10-17)29-24(32)18-7-11-19(26)12-8-18/h4-14,16H,1-3H3,(H,29,32)(H2,27,28,30,31)/t16-/m0/s1. The topological polar surface area (TPSA) is 78.9 Å². The van der Waals surface area contributed by atoms with Crippen molar-refractivity contribution in [1.82, 2.24) is 9.97 Å². The van der Waals surface area contributed by atoms with Crippen molar-refractivity contribution in [2.24, 2.45) is 0 Å². The number of aromatic nitrogens is 2. The van der Waals surface area contributed by atoms with Crippen LogP contribution < -0.4 is 16.0 Å². The number of para-hydroxylation sites is 1. The Morgan fingerprint density at radius 3 is 2.38 bits per heavy atom. The zero-order valence-corrected chi connectivity index (χ0v) is 18.1. The fourth-order valence-corrected chi connectivity index (χ4v) is 3.47. The third kappa shape index (κ3) is 4.51. The van der Waals surface area contributed by atoms with Gasteiger partial charge in [-0.1, -0.05) is 24.3 Å². The molecule has 1 amide bonds. The number of hydrogen-bond donors (Lipinski definition) is 3. The van der Waals surface area contributed by atoms with Crippen molar-refractivity contribution in [2.75, 3.05) is 23.0 Å². The number of aryl methyl sites for hydroxylation is 1. The maximum atomic E-state index is 13.1. The second-order valence-corrected chi connectivity index (χ2v) is 7.57. The summed E-state index contributed by atoms with van der Waals surface area (Å²) in [6.45, 7) is 4.08. The van der Waals surface area contributed by atoms with Crippen LogP contribution in [0.25, 0.3) is 10.9 Å². The summed E-state index contributed by atoms with van der Waals surface area (Å²) in [4.78, 5) is 21.5. The van der Waals surface area contributed by atoms with E-state index in [4.69, 9.17) is 0 Å². The monoisotopic (exact) mass is 429 g/mol. The highest BCUT2D eigenvalue weighted by Crippen LogP contribution is 2.28. The van der Waals surface area contributed by atoms with Crippen molar-refractivity contribution in [3.8, 4) is 0 Å². The number of anilines is 3. The SMILES string of the molecule is CNc1nc(N[C@@H](C)c2ccc(NC(=O)c3ccc(F)cc3)cc2)c2cccc(C)c2n1. The van der Waals surface area contributed by atoms with Gasteiger partial charge in [0.2, 0.25) is 5.95 Å². The molecule has 3 N–H and O–H groups in total. The molecule has 0 spiro atoms. The highest BCUT2D eigenvalue weighted by molar-refractivity contribution is 6.04. The zero-order chi connectivity index (χ0) is 22.7. The van der Waals surface area contributed by atoms with Gasteiger partial charge in [0.25, 0.3) is 5.91 Å². The van der Waals surface area contributed by atoms with Gasteiger partial charge in [0.1, 0.15) is 11.6 Å². The lowest BCUT2D eigenvalue weighted by atomic mass is 10.1. The second-order valence-electron chi connectivity index (χ2n) is 7.57. The van der Waals surface area contributed by atoms with E-state index in [1.807, 2.05) is 49.4 Å². The third-order valence-corrected chi connectivity index (χ3v) is 5.28. The number of benzene rings is 3. The van der Waals surface area contributed by atoms with E-state index in [1.54, 1.807) is 7.05 Å². The van der Waals surface area contributed by atoms with Crippen molar-refractivity contribution in [1.29, 1.82) is 0 Å². The summed E-state index contributed by atoms with van der Waals surface area (Å²) in [6, 6.07) is 19.0. The van der Waals surface area contributed by atoms with Crippen molar-refractivity contribution >= 4 is 34.3 Å². The molecule has 162 valence electrons. The number of fused-ring (bicyclic) bond motifs is 1. The van der Waals surface area contributed by atoms with Gasteiger partial charge in [0.05, 0.1) is 5.52 Å². The van der Waals surface area contributed by atoms with Crippen molar-refractivity contribution in [3.63, 3.8) is 0 Å². The highest BCUT2D eigenvalue weighted by atomic mass is 19.1. The van der Waals surface area contributed by atoms with Crippen molar-refractivity contribution in [2.45, 2.75) is 19.9 Å². The van der Waals surface area contributed by atoms with Gasteiger partial charge in [-0.25, -0.2) is 9.37 Å². The Bertz CT molecular complexity index is 1260. The summed E-state index contributed by atoms with van der Waals surface area (Å²) in [5, 5.41) is 10.3. The first-order chi connectivity index (χ1) is 15.4. The molecule has 0 aliphatic carbocycles. The molecule has 1 heterocycles. The summed E-state index contributed by atoms with van der Waals surface area (Å²) in [6.07, 6.45) is 0. The number of nitrogens with one attached hydrogen (secondary N) is 3. The number of halogens is 1. The van der Waals surface area contributed by atoms with Crippen molar-refractivity contribution < 1.29 is 9.18 Å². The van der Waals surface area contributed by atoms with E-state index in [9.17, 15) is 9.18 Å². The predicted molar refractivity (Wildman–Crippen MR) is 127 cm³/mol. The number of nitrogens with zero attached hydrogens (tertiary/aromatic N) is 2. The maximum absolute atomic E-state index is 13.1. The first-order valence-electron chi connectivity index (χ1n) is 10.3. The molecule has 7 heteroatoms. The summed E-state index contributed by atoms with van der Waals surface area (Å²) >= 11 is 0. The Morgan fingerprint density at radius 1 is 0.969 bits per heavy atom. The third-order valence-electron chi connectivity index (χ3n) is 5.28. The van der Waals surface area contributed by atoms with E-state index in [2.05, 4.69) is 32.8 Å². The number of hydrogen-bond acceptors (Lipinski definition) is 5. The molecule has 0 radical (unpaired) electrons. The Balaban J connectivity index is 1.51. The van der Waals surface area contributed by atoms with Gasteiger partial charge in [0, 0.05) is 29.7 Å². The van der Waals surface area contributed by atoms with Crippen LogP contribution in [0.15, 0.2) is 66.7 Å². The van der Waals surface area contributed by atoms with Crippen LogP contribution in [0, 0.1) is 12.7 Å². The first kappa shape index (κ1) is 21.2. The average Bonchev–Trinajstić information content (AvgIpc) is 2.80. The van der Waals surface area contributed by atoms with E-state index < -0.39 is 0 Å². The lowest BCUT2D eigenvalue weighted by Crippen LogP contribution is -2.13. The molecule has 1 atom stereocenters. The fourth-order valence-electron chi connectivity index (χ4n) is 3.47. The molecule has 0 aliphatic rings. The minimum atomic E-state index is -0.374. The minimum Gasteiger partial charge on any atom is -0.363 e. The number of carbonyl (C=O) groups is 1. The quantitative estimate of drug-likeness (QED) is 0.375. The molecule has 0 bridgehead atoms. The van der Waals surface area contributed by atoms with Gasteiger partial charge >= 0.3 is 0 Å². The summed E-state index contributed by atoms with van der Waals surface area (Å²) in [5.41, 5.74) is 4.08. The van der Waals surface area contributed by atoms with Crippen LogP contribution in [0.3, 0.4) is 0 Å². The van der Waals surface area contributed by atoms with E-state index in [0.717, 1.165) is 27.8 Å². The van der Waals surface area contributed by atoms with Crippen LogP contribution in [-0.2, 0) is 0 Å². The Kier molecular flexibility index (Phi) is 5.98. The van der Waals surface area contributed by atoms with E-state index in [0.29, 0.717) is 17.2 Å². The van der Waals surface area contributed by atoms with Crippen LogP contribution in [0.5, 0.6) is 0 Å². The highest BCUT2D eigenvalue weighted by Gasteiger charge is 2.13. The summed E-state index contributed by atoms with van der Waals surface area (Å²) in [5.74, 6) is 0.650. The average molecular weight is 429 g/mol. The molecule has 0 saturated carbocycles. The van der Waals surface area contributed by atoms with Crippen LogP contribution in [0.1, 0.15) is 34.5 Å². The van der Waals surface area contributed by atoms with Gasteiger partial charge in [-0.05, 0) is 67.4 Å². The Labute approximate surface area is 185 Å². The van der Waals surface area contributed by atoms with Crippen LogP contribution in [0.4, 0.5) is 21.8 Å². The zero-order valence-electron chi connectivity index (χ0n) is 18.1. The van der Waals surface area contributed by atoms with Crippen LogP contribution >= 0.6 is 0 Å². The Morgan fingerprint density at radius 2 is 1.69 bits per heavy atom. The number of carbonyl (C=O) groups excluding carboxylic acids is 1. The summed E-state index contributed by atoms with van der Waals surface area (Å²) < 4.78 is 13.1. The lowest BCUT2D eigenvalue weighted by molar-refractivity contribution is 0.102. The molecule has 32 heavy (non-hydrogen) atoms. The normalized spacial score (nSPS) is 11.8. The van der Waals surface area contributed by atoms with Gasteiger partial charge < -0.3 is 16.0 Å². The number of rotatable bonds is 6. The van der Waals surface area contributed by atoms with Crippen LogP contribution in [0.2, 0.25) is 0 Å². The van der Waals surface area contributed by atoms with E-state index in [1.165, 1.54) is 24.3 Å². The molecule has 0 aliphatic heterocycles. The first-order valence-corrected chi connectivity index (χ1v) is 10.3. The molecule has 4 aromatic rings. The molecule has 0 fully saturated rings. The van der Waals surface area contributed by atoms with Gasteiger partial charge in [-0.2, -0.15) is 4.98 Å². The number of amides is 1. The van der Waals surface area contributed by atoms with Crippen molar-refractivity contribution in [3.05, 3.63) is 89.2 Å². The van der Waals surface area contributed by atoms with Gasteiger partial charge in [-0.15, -0.1) is 0 Å². The lowest BCUT2D eigenvalue weighted by Gasteiger charge is -2.18. The molecule has 0 saturated heterocycles. The van der Waals surface area contributed by atoms with Gasteiger partial charge in [0.15, 0.2) is 0 Å². The Hall–Kier alpha value is -4.00. The van der Waals surface area contributed by atoms with Gasteiger partial charge in [-0.3, -0.25) is 4.79 Å². The summed E-state index contributed by atoms with van der Waals surface area (Å²) in [7, 11) is 1.80. The smallest absolute Gasteiger partial charge is 0.255 e. The second kappa shape index (κ2) is 9.01. The maximum Gasteiger partial charge on any atom is 0.255 e. The molecule has 3 aromatic carbocycles. The fraction of sp³-hybridized carbons (Fsp3) is 0.160. The predicted octanol–water partition coefficient (Wildman–Crippen LogP) is 5.54. The molecule has 1 aromatic heterocycles.